The molecule has 0 amide bonds. The third-order valence-electron chi connectivity index (χ3n) is 1.54. The number of hydrogen-bond donors (Lipinski definition) is 0. The van der Waals surface area contributed by atoms with Crippen LogP contribution in [-0.4, -0.2) is 17.6 Å². The molecule has 0 bridgehead atoms. The molecule has 1 heterocycles. The molecule has 0 unspecified atom stereocenters. The summed E-state index contributed by atoms with van der Waals surface area (Å²) in [5.41, 5.74) is 0.538. The average molecular weight is 262 g/mol. The fraction of sp³-hybridized carbons (Fsp3) is 0.333. The van der Waals surface area contributed by atoms with Crippen LogP contribution in [0.3, 0.4) is 0 Å². The fourth-order valence-electron chi connectivity index (χ4n) is 0.954. The highest BCUT2D eigenvalue weighted by molar-refractivity contribution is 9.10. The van der Waals surface area contributed by atoms with Crippen LogP contribution in [0, 0.1) is 5.95 Å². The molecule has 0 saturated heterocycles. The summed E-state index contributed by atoms with van der Waals surface area (Å²) in [5, 5.41) is 0. The maximum absolute atomic E-state index is 12.7. The molecule has 0 aliphatic rings. The van der Waals surface area contributed by atoms with Crippen molar-refractivity contribution in [2.24, 2.45) is 0 Å². The zero-order valence-electron chi connectivity index (χ0n) is 7.59. The molecule has 1 aromatic rings. The molecule has 0 aromatic carbocycles. The van der Waals surface area contributed by atoms with E-state index < -0.39 is 5.95 Å². The van der Waals surface area contributed by atoms with E-state index in [4.69, 9.17) is 4.74 Å². The van der Waals surface area contributed by atoms with E-state index in [1.54, 1.807) is 6.92 Å². The van der Waals surface area contributed by atoms with Gasteiger partial charge in [-0.15, -0.1) is 0 Å². The molecule has 0 aliphatic carbocycles. The van der Waals surface area contributed by atoms with E-state index in [9.17, 15) is 9.18 Å². The molecule has 0 N–H and O–H groups in total. The summed E-state index contributed by atoms with van der Waals surface area (Å²) in [6, 6.07) is 1.21. The molecule has 0 aliphatic heterocycles. The number of aromatic nitrogens is 1. The van der Waals surface area contributed by atoms with E-state index in [1.807, 2.05) is 0 Å². The Balaban J connectivity index is 2.75. The van der Waals surface area contributed by atoms with Crippen molar-refractivity contribution in [1.29, 1.82) is 0 Å². The van der Waals surface area contributed by atoms with E-state index in [-0.39, 0.29) is 12.4 Å². The topological polar surface area (TPSA) is 39.2 Å². The predicted octanol–water partition coefficient (Wildman–Crippen LogP) is 2.09. The Morgan fingerprint density at radius 1 is 1.71 bits per heavy atom. The maximum Gasteiger partial charge on any atom is 0.310 e. The van der Waals surface area contributed by atoms with Crippen molar-refractivity contribution in [3.8, 4) is 0 Å². The predicted molar refractivity (Wildman–Crippen MR) is 52.2 cm³/mol. The molecular formula is C9H9BrFNO2. The van der Waals surface area contributed by atoms with Crippen LogP contribution < -0.4 is 0 Å². The molecule has 0 saturated carbocycles. The number of ether oxygens (including phenoxy) is 1. The summed E-state index contributed by atoms with van der Waals surface area (Å²) < 4.78 is 18.0. The molecule has 0 radical (unpaired) electrons. The number of carbonyl (C=O) groups is 1. The lowest BCUT2D eigenvalue weighted by Gasteiger charge is -2.03. The lowest BCUT2D eigenvalue weighted by molar-refractivity contribution is -0.142. The summed E-state index contributed by atoms with van der Waals surface area (Å²) in [6.07, 6.45) is 1.37. The van der Waals surface area contributed by atoms with Crippen molar-refractivity contribution in [2.45, 2.75) is 13.3 Å². The zero-order valence-corrected chi connectivity index (χ0v) is 9.17. The largest absolute Gasteiger partial charge is 0.466 e. The molecule has 3 nitrogen and oxygen atoms in total. The maximum atomic E-state index is 12.7. The van der Waals surface area contributed by atoms with E-state index >= 15 is 0 Å². The Hall–Kier alpha value is -0.970. The van der Waals surface area contributed by atoms with Gasteiger partial charge in [0, 0.05) is 10.7 Å². The third-order valence-corrected chi connectivity index (χ3v) is 2.26. The number of nitrogens with zero attached hydrogens (tertiary/aromatic N) is 1. The molecule has 14 heavy (non-hydrogen) atoms. The highest BCUT2D eigenvalue weighted by atomic mass is 79.9. The van der Waals surface area contributed by atoms with Crippen LogP contribution in [0.15, 0.2) is 16.7 Å². The van der Waals surface area contributed by atoms with Crippen molar-refractivity contribution >= 4 is 21.9 Å². The second-order valence-corrected chi connectivity index (χ2v) is 3.43. The summed E-state index contributed by atoms with van der Waals surface area (Å²) in [6.45, 7) is 2.05. The SMILES string of the molecule is CCOC(=O)Cc1cc(F)ncc1Br. The van der Waals surface area contributed by atoms with Gasteiger partial charge in [0.15, 0.2) is 0 Å². The lowest BCUT2D eigenvalue weighted by Crippen LogP contribution is -2.08. The van der Waals surface area contributed by atoms with E-state index in [0.29, 0.717) is 16.6 Å². The van der Waals surface area contributed by atoms with Gasteiger partial charge in [-0.25, -0.2) is 4.98 Å². The van der Waals surface area contributed by atoms with Crippen molar-refractivity contribution in [1.82, 2.24) is 4.98 Å². The van der Waals surface area contributed by atoms with Gasteiger partial charge < -0.3 is 4.74 Å². The van der Waals surface area contributed by atoms with Crippen LogP contribution in [0.5, 0.6) is 0 Å². The number of rotatable bonds is 3. The average Bonchev–Trinajstić information content (AvgIpc) is 2.12. The Morgan fingerprint density at radius 2 is 2.43 bits per heavy atom. The van der Waals surface area contributed by atoms with Gasteiger partial charge in [0.2, 0.25) is 5.95 Å². The lowest BCUT2D eigenvalue weighted by atomic mass is 10.2. The number of pyridine rings is 1. The Kier molecular flexibility index (Phi) is 4.00. The van der Waals surface area contributed by atoms with E-state index in [1.165, 1.54) is 12.3 Å². The van der Waals surface area contributed by atoms with Crippen molar-refractivity contribution in [3.63, 3.8) is 0 Å². The third kappa shape index (κ3) is 3.06. The van der Waals surface area contributed by atoms with E-state index in [2.05, 4.69) is 20.9 Å². The van der Waals surface area contributed by atoms with E-state index in [0.717, 1.165) is 0 Å². The monoisotopic (exact) mass is 261 g/mol. The summed E-state index contributed by atoms with van der Waals surface area (Å²) in [5.74, 6) is -0.980. The van der Waals surface area contributed by atoms with Crippen LogP contribution >= 0.6 is 15.9 Å². The molecular weight excluding hydrogens is 253 g/mol. The first-order valence-electron chi connectivity index (χ1n) is 4.09. The van der Waals surface area contributed by atoms with Crippen LogP contribution in [0.2, 0.25) is 0 Å². The fourth-order valence-corrected chi connectivity index (χ4v) is 1.31. The molecule has 1 aromatic heterocycles. The van der Waals surface area contributed by atoms with Crippen LogP contribution in [-0.2, 0) is 16.0 Å². The van der Waals surface area contributed by atoms with Gasteiger partial charge in [-0.3, -0.25) is 4.79 Å². The number of carbonyl (C=O) groups excluding carboxylic acids is 1. The van der Waals surface area contributed by atoms with Crippen LogP contribution in [0.25, 0.3) is 0 Å². The molecule has 5 heteroatoms. The number of hydrogen-bond acceptors (Lipinski definition) is 3. The summed E-state index contributed by atoms with van der Waals surface area (Å²) in [4.78, 5) is 14.5. The van der Waals surface area contributed by atoms with Gasteiger partial charge in [0.05, 0.1) is 13.0 Å². The summed E-state index contributed by atoms with van der Waals surface area (Å²) >= 11 is 3.17. The highest BCUT2D eigenvalue weighted by Crippen LogP contribution is 2.16. The molecule has 0 atom stereocenters. The standard InChI is InChI=1S/C9H9BrFNO2/c1-2-14-9(13)4-6-3-8(11)12-5-7(6)10/h3,5H,2,4H2,1H3. The summed E-state index contributed by atoms with van der Waals surface area (Å²) in [7, 11) is 0. The van der Waals surface area contributed by atoms with Gasteiger partial charge in [0.25, 0.3) is 0 Å². The minimum atomic E-state index is -0.604. The van der Waals surface area contributed by atoms with Gasteiger partial charge in [-0.1, -0.05) is 0 Å². The van der Waals surface area contributed by atoms with Gasteiger partial charge in [0.1, 0.15) is 0 Å². The number of esters is 1. The molecule has 1 rings (SSSR count). The first kappa shape index (κ1) is 11.1. The van der Waals surface area contributed by atoms with Crippen molar-refractivity contribution < 1.29 is 13.9 Å². The van der Waals surface area contributed by atoms with Crippen LogP contribution in [0.4, 0.5) is 4.39 Å². The second kappa shape index (κ2) is 5.05. The Bertz CT molecular complexity index is 344. The molecule has 0 spiro atoms. The smallest absolute Gasteiger partial charge is 0.310 e. The molecule has 0 fully saturated rings. The number of halogens is 2. The second-order valence-electron chi connectivity index (χ2n) is 2.58. The first-order valence-corrected chi connectivity index (χ1v) is 4.88. The van der Waals surface area contributed by atoms with Crippen molar-refractivity contribution in [3.05, 3.63) is 28.2 Å². The zero-order chi connectivity index (χ0) is 10.6. The Morgan fingerprint density at radius 3 is 3.07 bits per heavy atom. The quantitative estimate of drug-likeness (QED) is 0.618. The van der Waals surface area contributed by atoms with Gasteiger partial charge >= 0.3 is 5.97 Å². The minimum Gasteiger partial charge on any atom is -0.466 e. The van der Waals surface area contributed by atoms with Gasteiger partial charge in [-0.2, -0.15) is 4.39 Å². The first-order chi connectivity index (χ1) is 6.63. The highest BCUT2D eigenvalue weighted by Gasteiger charge is 2.08. The van der Waals surface area contributed by atoms with Crippen molar-refractivity contribution in [2.75, 3.05) is 6.61 Å². The van der Waals surface area contributed by atoms with Crippen LogP contribution in [0.1, 0.15) is 12.5 Å². The normalized spacial score (nSPS) is 9.93. The Labute approximate surface area is 89.4 Å². The van der Waals surface area contributed by atoms with Gasteiger partial charge in [-0.05, 0) is 34.5 Å². The molecule has 76 valence electrons. The minimum absolute atomic E-state index is 0.0495.